The fourth-order valence-corrected chi connectivity index (χ4v) is 5.09. The van der Waals surface area contributed by atoms with Crippen LogP contribution in [0.1, 0.15) is 11.3 Å². The molecule has 0 spiro atoms. The van der Waals surface area contributed by atoms with E-state index in [1.807, 2.05) is 29.0 Å². The Morgan fingerprint density at radius 3 is 2.83 bits per heavy atom. The van der Waals surface area contributed by atoms with Gasteiger partial charge < -0.3 is 5.32 Å². The molecule has 4 aromatic rings. The van der Waals surface area contributed by atoms with E-state index in [0.29, 0.717) is 13.0 Å². The second-order valence-corrected chi connectivity index (χ2v) is 8.05. The number of carbonyl (C=O) groups excluding carboxylic acids is 1. The summed E-state index contributed by atoms with van der Waals surface area (Å²) in [5, 5.41) is 11.3. The number of hydrogen-bond acceptors (Lipinski definition) is 5. The summed E-state index contributed by atoms with van der Waals surface area (Å²) in [6.45, 7) is 0.560. The zero-order valence-corrected chi connectivity index (χ0v) is 15.1. The number of aromatic nitrogens is 1. The Bertz CT molecular complexity index is 969. The van der Waals surface area contributed by atoms with Gasteiger partial charge in [0.15, 0.2) is 0 Å². The molecule has 0 bridgehead atoms. The van der Waals surface area contributed by atoms with E-state index in [4.69, 9.17) is 0 Å². The van der Waals surface area contributed by atoms with Crippen molar-refractivity contribution in [1.82, 2.24) is 10.3 Å². The number of rotatable bonds is 5. The summed E-state index contributed by atoms with van der Waals surface area (Å²) in [6.07, 6.45) is 0.323. The minimum atomic E-state index is 0.00770. The fourth-order valence-electron chi connectivity index (χ4n) is 2.49. The molecule has 0 unspecified atom stereocenters. The predicted octanol–water partition coefficient (Wildman–Crippen LogP) is 4.95. The second kappa shape index (κ2) is 6.84. The first kappa shape index (κ1) is 15.5. The molecule has 0 saturated carbocycles. The average molecular weight is 371 g/mol. The molecule has 0 atom stereocenters. The highest BCUT2D eigenvalue weighted by molar-refractivity contribution is 7.20. The zero-order valence-electron chi connectivity index (χ0n) is 12.7. The molecule has 0 saturated heterocycles. The van der Waals surface area contributed by atoms with Gasteiger partial charge in [0.2, 0.25) is 5.91 Å². The van der Waals surface area contributed by atoms with Crippen LogP contribution < -0.4 is 5.32 Å². The van der Waals surface area contributed by atoms with Crippen LogP contribution in [0.3, 0.4) is 0 Å². The van der Waals surface area contributed by atoms with E-state index in [-0.39, 0.29) is 5.91 Å². The summed E-state index contributed by atoms with van der Waals surface area (Å²) in [7, 11) is 0. The van der Waals surface area contributed by atoms with Crippen molar-refractivity contribution >= 4 is 50.0 Å². The largest absolute Gasteiger partial charge is 0.352 e. The second-order valence-electron chi connectivity index (χ2n) is 5.33. The molecule has 3 heterocycles. The lowest BCUT2D eigenvalue weighted by Gasteiger charge is -2.03. The van der Waals surface area contributed by atoms with Gasteiger partial charge in [-0.2, -0.15) is 0 Å². The molecule has 1 amide bonds. The van der Waals surface area contributed by atoms with Crippen molar-refractivity contribution in [3.05, 3.63) is 63.8 Å². The number of carbonyl (C=O) groups is 1. The van der Waals surface area contributed by atoms with E-state index >= 15 is 0 Å². The van der Waals surface area contributed by atoms with Gasteiger partial charge >= 0.3 is 0 Å². The molecule has 0 aliphatic carbocycles. The summed E-state index contributed by atoms with van der Waals surface area (Å²) in [6, 6.07) is 12.3. The number of nitrogens with zero attached hydrogens (tertiary/aromatic N) is 1. The molecule has 1 N–H and O–H groups in total. The number of hydrogen-bond donors (Lipinski definition) is 1. The first-order chi connectivity index (χ1) is 11.8. The van der Waals surface area contributed by atoms with Gasteiger partial charge in [0.1, 0.15) is 5.01 Å². The Kier molecular flexibility index (Phi) is 4.42. The predicted molar refractivity (Wildman–Crippen MR) is 103 cm³/mol. The Balaban J connectivity index is 1.38. The van der Waals surface area contributed by atoms with Gasteiger partial charge in [-0.25, -0.2) is 4.98 Å². The highest BCUT2D eigenvalue weighted by Gasteiger charge is 2.10. The topological polar surface area (TPSA) is 42.0 Å². The Labute approximate surface area is 151 Å². The Hall–Kier alpha value is -2.02. The summed E-state index contributed by atoms with van der Waals surface area (Å²) in [4.78, 5) is 17.9. The van der Waals surface area contributed by atoms with Gasteiger partial charge in [0.25, 0.3) is 0 Å². The van der Waals surface area contributed by atoms with Crippen LogP contribution in [0, 0.1) is 0 Å². The van der Waals surface area contributed by atoms with Gasteiger partial charge in [-0.15, -0.1) is 34.0 Å². The third-order valence-electron chi connectivity index (χ3n) is 3.66. The molecule has 0 radical (unpaired) electrons. The molecule has 6 heteroatoms. The number of amides is 1. The van der Waals surface area contributed by atoms with Gasteiger partial charge in [-0.3, -0.25) is 4.79 Å². The highest BCUT2D eigenvalue weighted by Crippen LogP contribution is 2.28. The smallest absolute Gasteiger partial charge is 0.226 e. The summed E-state index contributed by atoms with van der Waals surface area (Å²) < 4.78 is 1.25. The van der Waals surface area contributed by atoms with Crippen LogP contribution in [-0.2, 0) is 17.8 Å². The van der Waals surface area contributed by atoms with Crippen LogP contribution in [0.4, 0.5) is 0 Å². The molecular weight excluding hydrogens is 356 g/mol. The third-order valence-corrected chi connectivity index (χ3v) is 6.61. The summed E-state index contributed by atoms with van der Waals surface area (Å²) in [5.41, 5.74) is 2.00. The lowest BCUT2D eigenvalue weighted by atomic mass is 10.2. The van der Waals surface area contributed by atoms with Crippen molar-refractivity contribution in [3.63, 3.8) is 0 Å². The van der Waals surface area contributed by atoms with Crippen molar-refractivity contribution in [2.24, 2.45) is 0 Å². The number of thiophene rings is 2. The lowest BCUT2D eigenvalue weighted by molar-refractivity contribution is -0.120. The summed E-state index contributed by atoms with van der Waals surface area (Å²) in [5.74, 6) is 0.00770. The summed E-state index contributed by atoms with van der Waals surface area (Å²) >= 11 is 4.96. The zero-order chi connectivity index (χ0) is 16.4. The molecule has 3 nitrogen and oxygen atoms in total. The minimum absolute atomic E-state index is 0.00770. The van der Waals surface area contributed by atoms with Crippen LogP contribution in [0.5, 0.6) is 0 Å². The van der Waals surface area contributed by atoms with E-state index in [1.165, 1.54) is 15.6 Å². The Morgan fingerprint density at radius 1 is 1.04 bits per heavy atom. The highest BCUT2D eigenvalue weighted by atomic mass is 32.1. The molecule has 24 heavy (non-hydrogen) atoms. The minimum Gasteiger partial charge on any atom is -0.352 e. The molecule has 0 aliphatic rings. The normalized spacial score (nSPS) is 11.0. The van der Waals surface area contributed by atoms with Crippen LogP contribution in [0.2, 0.25) is 0 Å². The van der Waals surface area contributed by atoms with E-state index in [9.17, 15) is 4.79 Å². The molecular formula is C18H14N2OS3. The molecule has 4 rings (SSSR count). The molecule has 1 aromatic carbocycles. The van der Waals surface area contributed by atoms with Gasteiger partial charge in [0, 0.05) is 16.6 Å². The third kappa shape index (κ3) is 3.26. The van der Waals surface area contributed by atoms with E-state index in [0.717, 1.165) is 15.6 Å². The number of nitrogens with one attached hydrogen (secondary N) is 1. The van der Waals surface area contributed by atoms with Crippen LogP contribution in [0.15, 0.2) is 52.5 Å². The van der Waals surface area contributed by atoms with Crippen LogP contribution >= 0.6 is 34.0 Å². The maximum Gasteiger partial charge on any atom is 0.226 e. The monoisotopic (exact) mass is 370 g/mol. The van der Waals surface area contributed by atoms with Crippen molar-refractivity contribution in [3.8, 4) is 9.88 Å². The molecule has 3 aromatic heterocycles. The number of fused-ring (bicyclic) bond motifs is 1. The SMILES string of the molecule is O=C(Cc1csc(-c2cccs2)n1)NCc1csc2ccccc12. The van der Waals surface area contributed by atoms with Crippen molar-refractivity contribution < 1.29 is 4.79 Å². The van der Waals surface area contributed by atoms with Crippen molar-refractivity contribution in [2.45, 2.75) is 13.0 Å². The molecule has 0 aliphatic heterocycles. The standard InChI is InChI=1S/C18H14N2OS3/c21-17(8-13-11-24-18(20-13)16-6-3-7-22-16)19-9-12-10-23-15-5-2-1-4-14(12)15/h1-7,10-11H,8-9H2,(H,19,21). The average Bonchev–Trinajstić information content (AvgIpc) is 3.33. The van der Waals surface area contributed by atoms with Crippen molar-refractivity contribution in [1.29, 1.82) is 0 Å². The first-order valence-corrected chi connectivity index (χ1v) is 10.1. The lowest BCUT2D eigenvalue weighted by Crippen LogP contribution is -2.24. The van der Waals surface area contributed by atoms with Crippen LogP contribution in [-0.4, -0.2) is 10.9 Å². The number of thiazole rings is 1. The van der Waals surface area contributed by atoms with Gasteiger partial charge in [0.05, 0.1) is 17.0 Å². The fraction of sp³-hybridized carbons (Fsp3) is 0.111. The first-order valence-electron chi connectivity index (χ1n) is 7.50. The molecule has 0 fully saturated rings. The maximum atomic E-state index is 12.2. The van der Waals surface area contributed by atoms with E-state index < -0.39 is 0 Å². The van der Waals surface area contributed by atoms with Crippen molar-refractivity contribution in [2.75, 3.05) is 0 Å². The van der Waals surface area contributed by atoms with Gasteiger partial charge in [-0.1, -0.05) is 24.3 Å². The Morgan fingerprint density at radius 2 is 1.96 bits per heavy atom. The van der Waals surface area contributed by atoms with Crippen LogP contribution in [0.25, 0.3) is 20.0 Å². The molecule has 120 valence electrons. The van der Waals surface area contributed by atoms with E-state index in [1.54, 1.807) is 34.0 Å². The quantitative estimate of drug-likeness (QED) is 0.540. The van der Waals surface area contributed by atoms with E-state index in [2.05, 4.69) is 33.9 Å². The van der Waals surface area contributed by atoms with Gasteiger partial charge in [-0.05, 0) is 33.8 Å². The maximum absolute atomic E-state index is 12.2. The number of benzene rings is 1.